The molecule has 1 amide bonds. The summed E-state index contributed by atoms with van der Waals surface area (Å²) in [5.41, 5.74) is 0.379. The smallest absolute Gasteiger partial charge is 0.296 e. The highest BCUT2D eigenvalue weighted by Crippen LogP contribution is 2.44. The van der Waals surface area contributed by atoms with E-state index in [1.54, 1.807) is 42.2 Å². The Morgan fingerprint density at radius 2 is 1.93 bits per heavy atom. The van der Waals surface area contributed by atoms with Crippen molar-refractivity contribution in [1.82, 2.24) is 4.90 Å². The van der Waals surface area contributed by atoms with E-state index in [0.29, 0.717) is 27.9 Å². The van der Waals surface area contributed by atoms with Crippen molar-refractivity contribution in [1.29, 1.82) is 0 Å². The molecule has 1 unspecified atom stereocenters. The second kappa shape index (κ2) is 7.59. The van der Waals surface area contributed by atoms with Crippen LogP contribution in [0.1, 0.15) is 48.8 Å². The van der Waals surface area contributed by atoms with Gasteiger partial charge >= 0.3 is 0 Å². The number of likely N-dealkylation sites (tertiary alicyclic amines) is 1. The number of Topliss-reactive ketones (excluding diaryl/α,β-unsaturated/α-hetero) is 1. The van der Waals surface area contributed by atoms with E-state index in [0.717, 1.165) is 25.7 Å². The van der Waals surface area contributed by atoms with Gasteiger partial charge in [0.2, 0.25) is 0 Å². The third kappa shape index (κ3) is 3.31. The van der Waals surface area contributed by atoms with Crippen molar-refractivity contribution in [3.63, 3.8) is 0 Å². The number of aryl methyl sites for hydroxylation is 1. The van der Waals surface area contributed by atoms with Gasteiger partial charge < -0.3 is 19.2 Å². The Labute approximate surface area is 173 Å². The summed E-state index contributed by atoms with van der Waals surface area (Å²) in [6, 6.07) is 7.45. The quantitative estimate of drug-likeness (QED) is 0.448. The predicted octanol–water partition coefficient (Wildman–Crippen LogP) is 4.61. The average Bonchev–Trinajstić information content (AvgIpc) is 3.43. The number of nitrogens with zero attached hydrogens (tertiary/aromatic N) is 1. The van der Waals surface area contributed by atoms with E-state index in [2.05, 4.69) is 0 Å². The lowest BCUT2D eigenvalue weighted by Crippen LogP contribution is -2.37. The lowest BCUT2D eigenvalue weighted by molar-refractivity contribution is -0.141. The number of methoxy groups -OCH3 is 1. The van der Waals surface area contributed by atoms with Crippen molar-refractivity contribution in [3.05, 3.63) is 58.0 Å². The van der Waals surface area contributed by atoms with Crippen LogP contribution in [0.15, 0.2) is 40.3 Å². The van der Waals surface area contributed by atoms with Crippen LogP contribution >= 0.6 is 11.6 Å². The van der Waals surface area contributed by atoms with Gasteiger partial charge in [-0.15, -0.1) is 0 Å². The zero-order valence-corrected chi connectivity index (χ0v) is 17.0. The van der Waals surface area contributed by atoms with Crippen molar-refractivity contribution in [3.8, 4) is 5.75 Å². The number of halogens is 1. The molecule has 0 radical (unpaired) electrons. The summed E-state index contributed by atoms with van der Waals surface area (Å²) in [5.74, 6) is -0.0638. The second-order valence-corrected chi connectivity index (χ2v) is 7.85. The van der Waals surface area contributed by atoms with Crippen molar-refractivity contribution < 1.29 is 23.8 Å². The fourth-order valence-electron chi connectivity index (χ4n) is 4.25. The number of hydrogen-bond acceptors (Lipinski definition) is 5. The zero-order valence-electron chi connectivity index (χ0n) is 16.3. The van der Waals surface area contributed by atoms with Gasteiger partial charge in [-0.05, 0) is 50.1 Å². The molecule has 2 aliphatic rings. The summed E-state index contributed by atoms with van der Waals surface area (Å²) in [6.45, 7) is 1.80. The molecule has 1 N–H and O–H groups in total. The van der Waals surface area contributed by atoms with Crippen molar-refractivity contribution >= 4 is 29.1 Å². The number of aliphatic hydroxyl groups excluding tert-OH is 1. The summed E-state index contributed by atoms with van der Waals surface area (Å²) in [6.07, 6.45) is 3.67. The number of ether oxygens (including phenoxy) is 1. The normalized spacial score (nSPS) is 21.9. The molecule has 29 heavy (non-hydrogen) atoms. The lowest BCUT2D eigenvalue weighted by Gasteiger charge is -2.29. The zero-order chi connectivity index (χ0) is 20.7. The molecule has 1 aliphatic heterocycles. The Hall–Kier alpha value is -2.73. The topological polar surface area (TPSA) is 80.0 Å². The molecule has 2 heterocycles. The van der Waals surface area contributed by atoms with E-state index in [1.807, 2.05) is 0 Å². The molecule has 1 saturated carbocycles. The minimum Gasteiger partial charge on any atom is -0.507 e. The van der Waals surface area contributed by atoms with E-state index in [-0.39, 0.29) is 17.4 Å². The summed E-state index contributed by atoms with van der Waals surface area (Å²) in [4.78, 5) is 27.5. The van der Waals surface area contributed by atoms with E-state index < -0.39 is 17.7 Å². The summed E-state index contributed by atoms with van der Waals surface area (Å²) < 4.78 is 11.0. The third-order valence-corrected chi connectivity index (χ3v) is 5.97. The van der Waals surface area contributed by atoms with Crippen LogP contribution in [0.2, 0.25) is 5.02 Å². The highest BCUT2D eigenvalue weighted by Gasteiger charge is 2.50. The van der Waals surface area contributed by atoms with Crippen LogP contribution in [0.5, 0.6) is 5.75 Å². The molecule has 1 aromatic heterocycles. The first kappa shape index (κ1) is 19.6. The Morgan fingerprint density at radius 3 is 2.55 bits per heavy atom. The van der Waals surface area contributed by atoms with Gasteiger partial charge in [0.05, 0.1) is 17.7 Å². The van der Waals surface area contributed by atoms with Gasteiger partial charge in [0.1, 0.15) is 29.1 Å². The van der Waals surface area contributed by atoms with Gasteiger partial charge in [-0.3, -0.25) is 9.59 Å². The third-order valence-electron chi connectivity index (χ3n) is 5.65. The highest BCUT2D eigenvalue weighted by molar-refractivity contribution is 6.46. The summed E-state index contributed by atoms with van der Waals surface area (Å²) in [5, 5.41) is 11.4. The second-order valence-electron chi connectivity index (χ2n) is 7.44. The number of aliphatic hydroxyl groups is 1. The number of amides is 1. The van der Waals surface area contributed by atoms with Crippen LogP contribution in [0.3, 0.4) is 0 Å². The summed E-state index contributed by atoms with van der Waals surface area (Å²) in [7, 11) is 1.47. The lowest BCUT2D eigenvalue weighted by atomic mass is 9.98. The first-order valence-electron chi connectivity index (χ1n) is 9.62. The highest BCUT2D eigenvalue weighted by atomic mass is 35.5. The van der Waals surface area contributed by atoms with Gasteiger partial charge in [-0.2, -0.15) is 0 Å². The van der Waals surface area contributed by atoms with Crippen LogP contribution in [-0.4, -0.2) is 34.8 Å². The minimum atomic E-state index is -0.756. The van der Waals surface area contributed by atoms with Gasteiger partial charge in [-0.1, -0.05) is 24.4 Å². The molecule has 2 fully saturated rings. The molecule has 1 aliphatic carbocycles. The molecule has 1 saturated heterocycles. The SMILES string of the molecule is COc1cc(/C(O)=C2/C(=O)C(=O)N(C3CCCC3)C2c2ccc(C)o2)ccc1Cl. The first-order chi connectivity index (χ1) is 13.9. The Kier molecular flexibility index (Phi) is 5.13. The molecule has 6 nitrogen and oxygen atoms in total. The first-order valence-corrected chi connectivity index (χ1v) is 10.0. The molecule has 152 valence electrons. The van der Waals surface area contributed by atoms with Crippen LogP contribution in [-0.2, 0) is 9.59 Å². The average molecular weight is 416 g/mol. The molecular formula is C22H22ClNO5. The fourth-order valence-corrected chi connectivity index (χ4v) is 4.45. The standard InChI is InChI=1S/C22H22ClNO5/c1-12-7-10-16(29-12)19-18(20(25)13-8-9-15(23)17(11-13)28-2)21(26)22(27)24(19)14-5-3-4-6-14/h7-11,14,19,25H,3-6H2,1-2H3/b20-18-. The van der Waals surface area contributed by atoms with E-state index in [4.69, 9.17) is 20.8 Å². The molecule has 0 bridgehead atoms. The van der Waals surface area contributed by atoms with E-state index >= 15 is 0 Å². The van der Waals surface area contributed by atoms with Crippen LogP contribution in [0.25, 0.3) is 5.76 Å². The number of furan rings is 1. The molecule has 1 atom stereocenters. The number of ketones is 1. The predicted molar refractivity (Wildman–Crippen MR) is 108 cm³/mol. The maximum absolute atomic E-state index is 13.0. The number of carbonyl (C=O) groups is 2. The number of carbonyl (C=O) groups excluding carboxylic acids is 2. The maximum Gasteiger partial charge on any atom is 0.296 e. The molecule has 7 heteroatoms. The number of rotatable bonds is 4. The largest absolute Gasteiger partial charge is 0.507 e. The Balaban J connectivity index is 1.88. The van der Waals surface area contributed by atoms with Gasteiger partial charge in [0.25, 0.3) is 11.7 Å². The molecule has 2 aromatic rings. The van der Waals surface area contributed by atoms with Crippen LogP contribution < -0.4 is 4.74 Å². The monoisotopic (exact) mass is 415 g/mol. The van der Waals surface area contributed by atoms with Gasteiger partial charge in [0, 0.05) is 11.6 Å². The molecular weight excluding hydrogens is 394 g/mol. The Morgan fingerprint density at radius 1 is 1.21 bits per heavy atom. The fraction of sp³-hybridized carbons (Fsp3) is 0.364. The van der Waals surface area contributed by atoms with Crippen molar-refractivity contribution in [2.45, 2.75) is 44.7 Å². The van der Waals surface area contributed by atoms with Crippen molar-refractivity contribution in [2.24, 2.45) is 0 Å². The van der Waals surface area contributed by atoms with Crippen LogP contribution in [0.4, 0.5) is 0 Å². The summed E-state index contributed by atoms with van der Waals surface area (Å²) >= 11 is 6.08. The number of benzene rings is 1. The molecule has 4 rings (SSSR count). The molecule has 1 aromatic carbocycles. The Bertz CT molecular complexity index is 1000. The van der Waals surface area contributed by atoms with Crippen molar-refractivity contribution in [2.75, 3.05) is 7.11 Å². The number of hydrogen-bond donors (Lipinski definition) is 1. The van der Waals surface area contributed by atoms with Crippen LogP contribution in [0, 0.1) is 6.92 Å². The van der Waals surface area contributed by atoms with Gasteiger partial charge in [-0.25, -0.2) is 0 Å². The van der Waals surface area contributed by atoms with E-state index in [9.17, 15) is 14.7 Å². The molecule has 0 spiro atoms. The maximum atomic E-state index is 13.0. The minimum absolute atomic E-state index is 0.0284. The van der Waals surface area contributed by atoms with E-state index in [1.165, 1.54) is 7.11 Å². The van der Waals surface area contributed by atoms with Gasteiger partial charge in [0.15, 0.2) is 0 Å².